The van der Waals surface area contributed by atoms with Crippen LogP contribution in [-0.2, 0) is 6.18 Å². The molecule has 1 atom stereocenters. The molecule has 1 aliphatic rings. The molecule has 8 heteroatoms. The van der Waals surface area contributed by atoms with Crippen LogP contribution in [0.3, 0.4) is 0 Å². The second-order valence-electron chi connectivity index (χ2n) is 5.62. The molecule has 2 heterocycles. The van der Waals surface area contributed by atoms with Crippen LogP contribution in [0.25, 0.3) is 0 Å². The number of nitrogens with one attached hydrogen (secondary N) is 1. The van der Waals surface area contributed by atoms with Gasteiger partial charge in [-0.15, -0.1) is 11.3 Å². The van der Waals surface area contributed by atoms with Crippen molar-refractivity contribution in [1.29, 1.82) is 0 Å². The van der Waals surface area contributed by atoms with Crippen molar-refractivity contribution in [3.05, 3.63) is 52.2 Å². The number of benzene rings is 1. The zero-order valence-electron chi connectivity index (χ0n) is 13.3. The number of thioether (sulfide) groups is 1. The van der Waals surface area contributed by atoms with E-state index in [2.05, 4.69) is 11.4 Å². The van der Waals surface area contributed by atoms with E-state index >= 15 is 0 Å². The summed E-state index contributed by atoms with van der Waals surface area (Å²) < 4.78 is 39.1. The third kappa shape index (κ3) is 4.49. The monoisotopic (exact) mass is 386 g/mol. The molecule has 1 aliphatic heterocycles. The highest BCUT2D eigenvalue weighted by molar-refractivity contribution is 7.99. The van der Waals surface area contributed by atoms with Crippen molar-refractivity contribution in [1.82, 2.24) is 4.90 Å². The Labute approximate surface area is 152 Å². The van der Waals surface area contributed by atoms with Crippen molar-refractivity contribution in [2.75, 3.05) is 24.2 Å². The van der Waals surface area contributed by atoms with E-state index in [1.54, 1.807) is 28.0 Å². The molecule has 1 fully saturated rings. The quantitative estimate of drug-likeness (QED) is 0.741. The molecular weight excluding hydrogens is 369 g/mol. The molecule has 3 rings (SSSR count). The number of rotatable bonds is 2. The summed E-state index contributed by atoms with van der Waals surface area (Å²) >= 11 is 3.48. The van der Waals surface area contributed by atoms with E-state index < -0.39 is 17.8 Å². The van der Waals surface area contributed by atoms with Gasteiger partial charge in [0.05, 0.1) is 11.3 Å². The number of nitrogens with zero attached hydrogens (tertiary/aromatic N) is 1. The van der Waals surface area contributed by atoms with Crippen LogP contribution in [-0.4, -0.2) is 29.8 Å². The SMILES string of the molecule is O=C(Nc1ccccc1C(F)(F)F)N1CCS[C@H](c2cccs2)CC1. The van der Waals surface area contributed by atoms with Crippen LogP contribution in [0.4, 0.5) is 23.7 Å². The Morgan fingerprint density at radius 1 is 1.16 bits per heavy atom. The van der Waals surface area contributed by atoms with E-state index in [9.17, 15) is 18.0 Å². The number of anilines is 1. The van der Waals surface area contributed by atoms with Crippen molar-refractivity contribution in [2.45, 2.75) is 17.8 Å². The van der Waals surface area contributed by atoms with Crippen LogP contribution in [0.1, 0.15) is 22.1 Å². The van der Waals surface area contributed by atoms with Crippen LogP contribution >= 0.6 is 23.1 Å². The molecule has 3 nitrogen and oxygen atoms in total. The molecule has 0 aliphatic carbocycles. The number of carbonyl (C=O) groups excluding carboxylic acids is 1. The first-order valence-electron chi connectivity index (χ1n) is 7.82. The highest BCUT2D eigenvalue weighted by Gasteiger charge is 2.34. The maximum absolute atomic E-state index is 13.0. The third-order valence-electron chi connectivity index (χ3n) is 3.96. The number of para-hydroxylation sites is 1. The van der Waals surface area contributed by atoms with Crippen LogP contribution in [0, 0.1) is 0 Å². The molecule has 0 unspecified atom stereocenters. The number of urea groups is 1. The Morgan fingerprint density at radius 2 is 1.96 bits per heavy atom. The maximum Gasteiger partial charge on any atom is 0.418 e. The van der Waals surface area contributed by atoms with Gasteiger partial charge in [0, 0.05) is 29.0 Å². The van der Waals surface area contributed by atoms with Gasteiger partial charge in [0.15, 0.2) is 0 Å². The lowest BCUT2D eigenvalue weighted by Gasteiger charge is -2.22. The molecule has 0 spiro atoms. The Hall–Kier alpha value is -1.67. The predicted molar refractivity (Wildman–Crippen MR) is 96.2 cm³/mol. The van der Waals surface area contributed by atoms with E-state index in [0.29, 0.717) is 18.3 Å². The second-order valence-corrected chi connectivity index (χ2v) is 7.91. The van der Waals surface area contributed by atoms with Gasteiger partial charge in [-0.25, -0.2) is 4.79 Å². The fourth-order valence-corrected chi connectivity index (χ4v) is 4.95. The fraction of sp³-hybridized carbons (Fsp3) is 0.353. The Kier molecular flexibility index (Phi) is 5.58. The number of carbonyl (C=O) groups is 1. The van der Waals surface area contributed by atoms with Crippen molar-refractivity contribution >= 4 is 34.8 Å². The molecule has 1 N–H and O–H groups in total. The number of alkyl halides is 3. The number of thiophene rings is 1. The smallest absolute Gasteiger partial charge is 0.324 e. The zero-order chi connectivity index (χ0) is 17.9. The summed E-state index contributed by atoms with van der Waals surface area (Å²) in [7, 11) is 0. The normalized spacial score (nSPS) is 18.7. The lowest BCUT2D eigenvalue weighted by Crippen LogP contribution is -2.37. The summed E-state index contributed by atoms with van der Waals surface area (Å²) in [4.78, 5) is 15.3. The van der Waals surface area contributed by atoms with Gasteiger partial charge >= 0.3 is 12.2 Å². The first-order chi connectivity index (χ1) is 11.9. The van der Waals surface area contributed by atoms with E-state index in [-0.39, 0.29) is 5.69 Å². The van der Waals surface area contributed by atoms with Crippen LogP contribution in [0.5, 0.6) is 0 Å². The average molecular weight is 386 g/mol. The van der Waals surface area contributed by atoms with Crippen LogP contribution in [0.15, 0.2) is 41.8 Å². The maximum atomic E-state index is 13.0. The lowest BCUT2D eigenvalue weighted by atomic mass is 10.1. The highest BCUT2D eigenvalue weighted by atomic mass is 32.2. The van der Waals surface area contributed by atoms with E-state index in [4.69, 9.17) is 0 Å². The number of hydrogen-bond donors (Lipinski definition) is 1. The van der Waals surface area contributed by atoms with Gasteiger partial charge < -0.3 is 10.2 Å². The minimum Gasteiger partial charge on any atom is -0.324 e. The Balaban J connectivity index is 1.66. The molecule has 0 saturated carbocycles. The molecule has 0 bridgehead atoms. The molecule has 2 amide bonds. The summed E-state index contributed by atoms with van der Waals surface area (Å²) in [5.74, 6) is 0.761. The summed E-state index contributed by atoms with van der Waals surface area (Å²) in [6.07, 6.45) is -3.71. The molecule has 134 valence electrons. The van der Waals surface area contributed by atoms with Crippen LogP contribution in [0.2, 0.25) is 0 Å². The second kappa shape index (κ2) is 7.70. The Bertz CT molecular complexity index is 719. The molecule has 2 aromatic rings. The molecule has 1 saturated heterocycles. The predicted octanol–water partition coefficient (Wildman–Crippen LogP) is 5.48. The fourth-order valence-electron chi connectivity index (χ4n) is 2.71. The van der Waals surface area contributed by atoms with Gasteiger partial charge in [-0.3, -0.25) is 0 Å². The van der Waals surface area contributed by atoms with Gasteiger partial charge in [-0.05, 0) is 30.0 Å². The molecule has 1 aromatic heterocycles. The number of hydrogen-bond acceptors (Lipinski definition) is 3. The van der Waals surface area contributed by atoms with Gasteiger partial charge in [0.2, 0.25) is 0 Å². The molecular formula is C17H17F3N2OS2. The van der Waals surface area contributed by atoms with Gasteiger partial charge in [0.25, 0.3) is 0 Å². The van der Waals surface area contributed by atoms with Crippen LogP contribution < -0.4 is 5.32 Å². The summed E-state index contributed by atoms with van der Waals surface area (Å²) in [5, 5.41) is 4.79. The molecule has 1 aromatic carbocycles. The number of halogens is 3. The minimum atomic E-state index is -4.50. The average Bonchev–Trinajstić information content (AvgIpc) is 2.99. The summed E-state index contributed by atoms with van der Waals surface area (Å²) in [6, 6.07) is 8.65. The van der Waals surface area contributed by atoms with Crippen molar-refractivity contribution in [3.63, 3.8) is 0 Å². The third-order valence-corrected chi connectivity index (χ3v) is 6.41. The van der Waals surface area contributed by atoms with Gasteiger partial charge in [0.1, 0.15) is 0 Å². The standard InChI is InChI=1S/C17H17F3N2OS2/c18-17(19,20)12-4-1-2-5-13(12)21-16(23)22-8-7-15(25-11-9-22)14-6-3-10-24-14/h1-6,10,15H,7-9,11H2,(H,21,23)/t15-/m0/s1. The van der Waals surface area contributed by atoms with E-state index in [1.807, 2.05) is 11.4 Å². The lowest BCUT2D eigenvalue weighted by molar-refractivity contribution is -0.136. The minimum absolute atomic E-state index is 0.202. The van der Waals surface area contributed by atoms with Crippen molar-refractivity contribution in [2.24, 2.45) is 0 Å². The highest BCUT2D eigenvalue weighted by Crippen LogP contribution is 2.37. The topological polar surface area (TPSA) is 32.3 Å². The largest absolute Gasteiger partial charge is 0.418 e. The summed E-state index contributed by atoms with van der Waals surface area (Å²) in [6.45, 7) is 1.04. The molecule has 25 heavy (non-hydrogen) atoms. The first kappa shape index (κ1) is 18.1. The molecule has 0 radical (unpaired) electrons. The van der Waals surface area contributed by atoms with Gasteiger partial charge in [-0.1, -0.05) is 18.2 Å². The Morgan fingerprint density at radius 3 is 2.68 bits per heavy atom. The zero-order valence-corrected chi connectivity index (χ0v) is 14.9. The number of amides is 2. The van der Waals surface area contributed by atoms with Gasteiger partial charge in [-0.2, -0.15) is 24.9 Å². The van der Waals surface area contributed by atoms with E-state index in [1.165, 1.54) is 23.1 Å². The first-order valence-corrected chi connectivity index (χ1v) is 9.75. The van der Waals surface area contributed by atoms with E-state index in [0.717, 1.165) is 18.2 Å². The summed E-state index contributed by atoms with van der Waals surface area (Å²) in [5.41, 5.74) is -1.03. The van der Waals surface area contributed by atoms with Crippen molar-refractivity contribution in [3.8, 4) is 0 Å². The van der Waals surface area contributed by atoms with Crippen molar-refractivity contribution < 1.29 is 18.0 Å².